The average molecular weight is 289 g/mol. The lowest BCUT2D eigenvalue weighted by molar-refractivity contribution is 0.300. The van der Waals surface area contributed by atoms with Gasteiger partial charge >= 0.3 is 11.1 Å². The Bertz CT molecular complexity index is 701. The third kappa shape index (κ3) is 3.82. The van der Waals surface area contributed by atoms with Gasteiger partial charge in [-0.15, -0.1) is 0 Å². The zero-order valence-electron chi connectivity index (χ0n) is 12.0. The molecule has 0 fully saturated rings. The number of hydrogen-bond donors (Lipinski definition) is 1. The van der Waals surface area contributed by atoms with E-state index in [9.17, 15) is 9.59 Å². The van der Waals surface area contributed by atoms with Crippen molar-refractivity contribution >= 4 is 0 Å². The van der Waals surface area contributed by atoms with Crippen LogP contribution in [0.5, 0.6) is 5.75 Å². The summed E-state index contributed by atoms with van der Waals surface area (Å²) in [5.41, 5.74) is 5.55. The number of ether oxygens (including phenoxy) is 1. The molecule has 112 valence electrons. The Morgan fingerprint density at radius 1 is 1.10 bits per heavy atom. The molecule has 0 radical (unpaired) electrons. The Kier molecular flexibility index (Phi) is 4.94. The third-order valence-corrected chi connectivity index (χ3v) is 3.21. The van der Waals surface area contributed by atoms with Crippen LogP contribution in [0.3, 0.4) is 0 Å². The summed E-state index contributed by atoms with van der Waals surface area (Å²) in [6.45, 7) is 1.44. The average Bonchev–Trinajstić information content (AvgIpc) is 2.51. The monoisotopic (exact) mass is 289 g/mol. The van der Waals surface area contributed by atoms with E-state index in [4.69, 9.17) is 10.5 Å². The van der Waals surface area contributed by atoms with E-state index in [2.05, 4.69) is 0 Å². The molecule has 0 spiro atoms. The van der Waals surface area contributed by atoms with Crippen LogP contribution in [-0.2, 0) is 20.1 Å². The lowest BCUT2D eigenvalue weighted by atomic mass is 10.2. The highest BCUT2D eigenvalue weighted by Crippen LogP contribution is 2.11. The van der Waals surface area contributed by atoms with Crippen molar-refractivity contribution in [3.8, 4) is 5.75 Å². The van der Waals surface area contributed by atoms with Gasteiger partial charge in [0, 0.05) is 32.5 Å². The van der Waals surface area contributed by atoms with E-state index in [1.165, 1.54) is 9.13 Å². The van der Waals surface area contributed by atoms with E-state index >= 15 is 0 Å². The molecule has 1 aromatic heterocycles. The van der Waals surface area contributed by atoms with E-state index < -0.39 is 11.1 Å². The first-order valence-electron chi connectivity index (χ1n) is 6.79. The summed E-state index contributed by atoms with van der Waals surface area (Å²) in [6.07, 6.45) is 3.83. The predicted molar refractivity (Wildman–Crippen MR) is 80.4 cm³/mol. The summed E-state index contributed by atoms with van der Waals surface area (Å²) in [7, 11) is 1.56. The second-order valence-electron chi connectivity index (χ2n) is 4.76. The second-order valence-corrected chi connectivity index (χ2v) is 4.76. The summed E-state index contributed by atoms with van der Waals surface area (Å²) >= 11 is 0. The fourth-order valence-electron chi connectivity index (χ4n) is 1.91. The van der Waals surface area contributed by atoms with E-state index in [0.29, 0.717) is 26.1 Å². The number of benzene rings is 1. The van der Waals surface area contributed by atoms with Crippen LogP contribution in [0.25, 0.3) is 0 Å². The lowest BCUT2D eigenvalue weighted by Crippen LogP contribution is -2.39. The minimum atomic E-state index is -0.518. The molecular formula is C15H19N3O3. The van der Waals surface area contributed by atoms with Crippen molar-refractivity contribution in [3.05, 3.63) is 62.9 Å². The normalized spacial score (nSPS) is 10.6. The van der Waals surface area contributed by atoms with E-state index in [0.717, 1.165) is 11.3 Å². The van der Waals surface area contributed by atoms with Crippen LogP contribution >= 0.6 is 0 Å². The third-order valence-electron chi connectivity index (χ3n) is 3.21. The molecule has 2 aromatic rings. The number of nitrogens with two attached hydrogens (primary N) is 1. The molecule has 0 unspecified atom stereocenters. The van der Waals surface area contributed by atoms with Crippen molar-refractivity contribution in [2.45, 2.75) is 19.5 Å². The summed E-state index contributed by atoms with van der Waals surface area (Å²) in [4.78, 5) is 23.2. The first-order valence-corrected chi connectivity index (χ1v) is 6.79. The maximum Gasteiger partial charge on any atom is 0.316 e. The number of aryl methyl sites for hydroxylation is 2. The fraction of sp³-hybridized carbons (Fsp3) is 0.333. The van der Waals surface area contributed by atoms with Crippen LogP contribution in [-0.4, -0.2) is 15.7 Å². The number of aromatic nitrogens is 2. The van der Waals surface area contributed by atoms with Gasteiger partial charge in [0.2, 0.25) is 0 Å². The largest absolute Gasteiger partial charge is 0.494 e. The van der Waals surface area contributed by atoms with Gasteiger partial charge in [0.05, 0.1) is 6.61 Å². The van der Waals surface area contributed by atoms with E-state index in [1.54, 1.807) is 19.4 Å². The van der Waals surface area contributed by atoms with Gasteiger partial charge in [-0.25, -0.2) is 0 Å². The number of nitrogens with zero attached hydrogens (tertiary/aromatic N) is 2. The standard InChI is InChI=1S/C15H19N3O3/c1-17-8-9-18(15(20)14(17)19)7-2-10-21-13-5-3-12(11-16)4-6-13/h3-6,8-9H,2,7,10-11,16H2,1H3. The van der Waals surface area contributed by atoms with Gasteiger partial charge < -0.3 is 19.6 Å². The number of hydrogen-bond acceptors (Lipinski definition) is 4. The van der Waals surface area contributed by atoms with Crippen molar-refractivity contribution in [1.29, 1.82) is 0 Å². The summed E-state index contributed by atoms with van der Waals surface area (Å²) < 4.78 is 8.26. The van der Waals surface area contributed by atoms with Crippen LogP contribution in [0.15, 0.2) is 46.2 Å². The van der Waals surface area contributed by atoms with Gasteiger partial charge in [0.1, 0.15) is 5.75 Å². The first-order chi connectivity index (χ1) is 10.1. The van der Waals surface area contributed by atoms with Crippen LogP contribution in [0.4, 0.5) is 0 Å². The van der Waals surface area contributed by atoms with Crippen molar-refractivity contribution < 1.29 is 4.74 Å². The Hall–Kier alpha value is -2.34. The number of rotatable bonds is 6. The van der Waals surface area contributed by atoms with Gasteiger partial charge in [-0.05, 0) is 24.1 Å². The predicted octanol–water partition coefficient (Wildman–Crippen LogP) is 0.475. The smallest absolute Gasteiger partial charge is 0.316 e. The zero-order valence-corrected chi connectivity index (χ0v) is 12.0. The molecule has 0 saturated heterocycles. The second kappa shape index (κ2) is 6.90. The molecule has 0 aliphatic rings. The summed E-state index contributed by atoms with van der Waals surface area (Å²) in [5, 5.41) is 0. The van der Waals surface area contributed by atoms with Crippen LogP contribution in [0.2, 0.25) is 0 Å². The molecule has 2 rings (SSSR count). The Morgan fingerprint density at radius 3 is 2.48 bits per heavy atom. The van der Waals surface area contributed by atoms with Gasteiger partial charge in [-0.3, -0.25) is 9.59 Å². The summed E-state index contributed by atoms with van der Waals surface area (Å²) in [6, 6.07) is 7.57. The minimum absolute atomic E-state index is 0.454. The fourth-order valence-corrected chi connectivity index (χ4v) is 1.91. The van der Waals surface area contributed by atoms with Crippen molar-refractivity contribution in [2.24, 2.45) is 12.8 Å². The van der Waals surface area contributed by atoms with Gasteiger partial charge in [-0.1, -0.05) is 12.1 Å². The maximum atomic E-state index is 11.7. The molecule has 0 saturated carbocycles. The Morgan fingerprint density at radius 2 is 1.81 bits per heavy atom. The molecule has 0 aliphatic carbocycles. The van der Waals surface area contributed by atoms with E-state index in [1.807, 2.05) is 24.3 Å². The Balaban J connectivity index is 1.86. The van der Waals surface area contributed by atoms with Gasteiger partial charge in [0.15, 0.2) is 0 Å². The molecule has 21 heavy (non-hydrogen) atoms. The van der Waals surface area contributed by atoms with Crippen molar-refractivity contribution in [1.82, 2.24) is 9.13 Å². The molecule has 0 aliphatic heterocycles. The minimum Gasteiger partial charge on any atom is -0.494 e. The highest BCUT2D eigenvalue weighted by Gasteiger charge is 2.02. The molecule has 1 aromatic carbocycles. The molecular weight excluding hydrogens is 270 g/mol. The molecule has 6 heteroatoms. The van der Waals surface area contributed by atoms with Crippen molar-refractivity contribution in [2.75, 3.05) is 6.61 Å². The highest BCUT2D eigenvalue weighted by atomic mass is 16.5. The first kappa shape index (κ1) is 15.1. The molecule has 0 atom stereocenters. The lowest BCUT2D eigenvalue weighted by Gasteiger charge is -2.08. The molecule has 0 bridgehead atoms. The van der Waals surface area contributed by atoms with Crippen LogP contribution < -0.4 is 21.6 Å². The quantitative estimate of drug-likeness (QED) is 0.619. The summed E-state index contributed by atoms with van der Waals surface area (Å²) in [5.74, 6) is 0.767. The molecule has 1 heterocycles. The highest BCUT2D eigenvalue weighted by molar-refractivity contribution is 5.26. The van der Waals surface area contributed by atoms with Crippen LogP contribution in [0, 0.1) is 0 Å². The maximum absolute atomic E-state index is 11.7. The zero-order chi connectivity index (χ0) is 15.2. The SMILES string of the molecule is Cn1ccn(CCCOc2ccc(CN)cc2)c(=O)c1=O. The molecule has 6 nitrogen and oxygen atoms in total. The topological polar surface area (TPSA) is 79.2 Å². The van der Waals surface area contributed by atoms with Gasteiger partial charge in [0.25, 0.3) is 0 Å². The molecule has 0 amide bonds. The van der Waals surface area contributed by atoms with Gasteiger partial charge in [-0.2, -0.15) is 0 Å². The van der Waals surface area contributed by atoms with Crippen LogP contribution in [0.1, 0.15) is 12.0 Å². The molecule has 2 N–H and O–H groups in total. The Labute approximate surface area is 122 Å². The van der Waals surface area contributed by atoms with E-state index in [-0.39, 0.29) is 0 Å². The van der Waals surface area contributed by atoms with Crippen molar-refractivity contribution in [3.63, 3.8) is 0 Å².